The number of rotatable bonds is 6. The summed E-state index contributed by atoms with van der Waals surface area (Å²) in [5.41, 5.74) is 13.9. The maximum Gasteiger partial charge on any atom is 0.213 e. The summed E-state index contributed by atoms with van der Waals surface area (Å²) in [6, 6.07) is 19.8. The lowest BCUT2D eigenvalue weighted by Crippen LogP contribution is -2.26. The van der Waals surface area contributed by atoms with Crippen molar-refractivity contribution >= 4 is 40.1 Å². The van der Waals surface area contributed by atoms with Crippen LogP contribution in [0.5, 0.6) is 0 Å². The van der Waals surface area contributed by atoms with Crippen LogP contribution < -0.4 is 16.4 Å². The van der Waals surface area contributed by atoms with Gasteiger partial charge in [0.1, 0.15) is 5.82 Å². The first-order chi connectivity index (χ1) is 25.0. The molecule has 0 amide bonds. The summed E-state index contributed by atoms with van der Waals surface area (Å²) in [5, 5.41) is 6.44. The molecule has 0 spiro atoms. The number of fused-ring (bicyclic) bond motifs is 2. The molecule has 264 valence electrons. The minimum absolute atomic E-state index is 0.0147. The van der Waals surface area contributed by atoms with E-state index in [9.17, 15) is 22.8 Å². The van der Waals surface area contributed by atoms with Gasteiger partial charge in [-0.05, 0) is 67.1 Å². The van der Waals surface area contributed by atoms with Gasteiger partial charge in [-0.3, -0.25) is 9.59 Å². The first-order valence-corrected chi connectivity index (χ1v) is 16.9. The van der Waals surface area contributed by atoms with Crippen LogP contribution in [0.3, 0.4) is 0 Å². The van der Waals surface area contributed by atoms with Crippen LogP contribution in [0.15, 0.2) is 85.2 Å². The first kappa shape index (κ1) is 34.3. The van der Waals surface area contributed by atoms with Crippen molar-refractivity contribution in [1.29, 1.82) is 0 Å². The smallest absolute Gasteiger partial charge is 0.213 e. The van der Waals surface area contributed by atoms with Gasteiger partial charge in [0.2, 0.25) is 5.95 Å². The van der Waals surface area contributed by atoms with Gasteiger partial charge in [-0.1, -0.05) is 32.0 Å². The molecule has 6 aromatic rings. The van der Waals surface area contributed by atoms with Crippen molar-refractivity contribution in [3.8, 4) is 22.5 Å². The fourth-order valence-electron chi connectivity index (χ4n) is 6.88. The Bertz CT molecular complexity index is 2310. The average Bonchev–Trinajstić information content (AvgIpc) is 3.65. The SMILES string of the molecule is CC1(C)CC(=O)c2c([nH]c(-c3ccnc(F)c3)c2Nc2ccccc2)C1.Nc1cc(-c2[nH]c3c(c2Nc2ccc(F)c(F)c2)C(=O)CCC3)ccn1. The second-order valence-corrected chi connectivity index (χ2v) is 13.8. The van der Waals surface area contributed by atoms with E-state index in [4.69, 9.17) is 5.73 Å². The second-order valence-electron chi connectivity index (χ2n) is 13.8. The third-order valence-electron chi connectivity index (χ3n) is 9.16. The Morgan fingerprint density at radius 3 is 2.04 bits per heavy atom. The number of pyridine rings is 2. The third kappa shape index (κ3) is 7.05. The second kappa shape index (κ2) is 13.9. The zero-order valence-corrected chi connectivity index (χ0v) is 28.5. The van der Waals surface area contributed by atoms with Gasteiger partial charge in [0, 0.05) is 71.3 Å². The Hall–Kier alpha value is -6.17. The van der Waals surface area contributed by atoms with Gasteiger partial charge in [0.15, 0.2) is 23.2 Å². The van der Waals surface area contributed by atoms with E-state index >= 15 is 0 Å². The van der Waals surface area contributed by atoms with Gasteiger partial charge in [0.05, 0.1) is 33.9 Å². The molecule has 0 unspecified atom stereocenters. The van der Waals surface area contributed by atoms with E-state index in [1.165, 1.54) is 18.3 Å². The topological polar surface area (TPSA) is 142 Å². The lowest BCUT2D eigenvalue weighted by molar-refractivity contribution is 0.0911. The Kier molecular flexibility index (Phi) is 9.14. The van der Waals surface area contributed by atoms with Crippen molar-refractivity contribution < 1.29 is 22.8 Å². The van der Waals surface area contributed by atoms with Crippen molar-refractivity contribution in [2.45, 2.75) is 46.0 Å². The van der Waals surface area contributed by atoms with Gasteiger partial charge in [-0.25, -0.2) is 18.7 Å². The number of para-hydroxylation sites is 1. The molecule has 0 aliphatic heterocycles. The Labute approximate surface area is 297 Å². The van der Waals surface area contributed by atoms with E-state index in [1.54, 1.807) is 24.4 Å². The molecule has 6 N–H and O–H groups in total. The Morgan fingerprint density at radius 2 is 1.35 bits per heavy atom. The molecule has 0 bridgehead atoms. The fraction of sp³-hybridized carbons (Fsp3) is 0.200. The molecule has 2 aliphatic carbocycles. The molecular weight excluding hydrogens is 667 g/mol. The number of halogens is 3. The molecule has 8 rings (SSSR count). The van der Waals surface area contributed by atoms with Gasteiger partial charge >= 0.3 is 0 Å². The summed E-state index contributed by atoms with van der Waals surface area (Å²) in [4.78, 5) is 39.7. The van der Waals surface area contributed by atoms with Crippen molar-refractivity contribution in [2.24, 2.45) is 5.41 Å². The summed E-state index contributed by atoms with van der Waals surface area (Å²) >= 11 is 0. The number of carbonyl (C=O) groups is 2. The first-order valence-electron chi connectivity index (χ1n) is 16.9. The van der Waals surface area contributed by atoms with Crippen LogP contribution in [0.25, 0.3) is 22.5 Å². The molecule has 2 aliphatic rings. The lowest BCUT2D eigenvalue weighted by atomic mass is 9.76. The molecule has 4 heterocycles. The van der Waals surface area contributed by atoms with Crippen LogP contribution in [0, 0.1) is 23.0 Å². The maximum absolute atomic E-state index is 13.7. The van der Waals surface area contributed by atoms with E-state index in [2.05, 4.69) is 44.4 Å². The summed E-state index contributed by atoms with van der Waals surface area (Å²) in [6.07, 6.45) is 6.24. The number of aromatic nitrogens is 4. The summed E-state index contributed by atoms with van der Waals surface area (Å²) < 4.78 is 40.5. The van der Waals surface area contributed by atoms with E-state index in [0.717, 1.165) is 54.0 Å². The van der Waals surface area contributed by atoms with Crippen molar-refractivity contribution in [3.05, 3.63) is 125 Å². The number of hydrogen-bond acceptors (Lipinski definition) is 7. The van der Waals surface area contributed by atoms with Crippen LogP contribution in [-0.4, -0.2) is 31.5 Å². The maximum atomic E-state index is 13.7. The number of nitrogens with one attached hydrogen (secondary N) is 4. The van der Waals surface area contributed by atoms with E-state index in [-0.39, 0.29) is 17.0 Å². The number of Topliss-reactive ketones (excluding diaryl/α,β-unsaturated/α-hetero) is 2. The van der Waals surface area contributed by atoms with E-state index in [1.807, 2.05) is 30.3 Å². The van der Waals surface area contributed by atoms with Crippen LogP contribution in [0.1, 0.15) is 65.2 Å². The molecule has 52 heavy (non-hydrogen) atoms. The highest BCUT2D eigenvalue weighted by atomic mass is 19.2. The number of nitrogen functional groups attached to an aromatic ring is 1. The number of ketones is 2. The predicted octanol–water partition coefficient (Wildman–Crippen LogP) is 9.31. The van der Waals surface area contributed by atoms with Crippen molar-refractivity contribution in [1.82, 2.24) is 19.9 Å². The molecule has 0 atom stereocenters. The molecule has 9 nitrogen and oxygen atoms in total. The zero-order chi connectivity index (χ0) is 36.6. The highest BCUT2D eigenvalue weighted by molar-refractivity contribution is 6.08. The normalized spacial score (nSPS) is 14.6. The minimum Gasteiger partial charge on any atom is -0.384 e. The number of nitrogens with zero attached hydrogens (tertiary/aromatic N) is 2. The van der Waals surface area contributed by atoms with Crippen LogP contribution in [-0.2, 0) is 12.8 Å². The van der Waals surface area contributed by atoms with Gasteiger partial charge < -0.3 is 26.3 Å². The third-order valence-corrected chi connectivity index (χ3v) is 9.16. The molecule has 4 aromatic heterocycles. The molecule has 0 saturated carbocycles. The van der Waals surface area contributed by atoms with E-state index in [0.29, 0.717) is 63.8 Å². The highest BCUT2D eigenvalue weighted by Crippen LogP contribution is 2.43. The van der Waals surface area contributed by atoms with Gasteiger partial charge in [0.25, 0.3) is 0 Å². The summed E-state index contributed by atoms with van der Waals surface area (Å²) in [5.74, 6) is -1.97. The Morgan fingerprint density at radius 1 is 0.692 bits per heavy atom. The number of benzene rings is 2. The minimum atomic E-state index is -0.958. The lowest BCUT2D eigenvalue weighted by Gasteiger charge is -2.28. The number of aryl methyl sites for hydroxylation is 1. The summed E-state index contributed by atoms with van der Waals surface area (Å²) in [7, 11) is 0. The molecule has 12 heteroatoms. The number of nitrogens with two attached hydrogens (primary N) is 1. The highest BCUT2D eigenvalue weighted by Gasteiger charge is 2.36. The molecule has 0 fully saturated rings. The largest absolute Gasteiger partial charge is 0.384 e. The average molecular weight is 704 g/mol. The number of H-pyrrole nitrogens is 2. The number of anilines is 5. The fourth-order valence-corrected chi connectivity index (χ4v) is 6.88. The molecule has 0 saturated heterocycles. The van der Waals surface area contributed by atoms with Crippen LogP contribution in [0.4, 0.5) is 41.7 Å². The predicted molar refractivity (Wildman–Crippen MR) is 195 cm³/mol. The van der Waals surface area contributed by atoms with Crippen LogP contribution >= 0.6 is 0 Å². The van der Waals surface area contributed by atoms with E-state index < -0.39 is 17.6 Å². The number of hydrogen-bond donors (Lipinski definition) is 5. The van der Waals surface area contributed by atoms with Crippen molar-refractivity contribution in [3.63, 3.8) is 0 Å². The molecule has 2 aromatic carbocycles. The standard InChI is InChI=1S/C21H20FN3O.C19H16F2N4O/c1-21(2)11-15-18(16(26)12-21)20(24-14-6-4-3-5-7-14)19(25-15)13-8-9-23-17(22)10-13;20-12-5-4-11(9-13(12)21)24-19-17-14(2-1-3-15(17)26)25-18(19)10-6-7-23-16(22)8-10/h3-10,24-25H,11-12H2,1-2H3;4-9,24-25H,1-3H2,(H2,22,23). The van der Waals surface area contributed by atoms with Crippen molar-refractivity contribution in [2.75, 3.05) is 16.4 Å². The van der Waals surface area contributed by atoms with Crippen LogP contribution in [0.2, 0.25) is 0 Å². The van der Waals surface area contributed by atoms with Gasteiger partial charge in [-0.2, -0.15) is 4.39 Å². The monoisotopic (exact) mass is 703 g/mol. The quantitative estimate of drug-likeness (QED) is 0.109. The summed E-state index contributed by atoms with van der Waals surface area (Å²) in [6.45, 7) is 4.18. The zero-order valence-electron chi connectivity index (χ0n) is 28.5. The molecular formula is C40H36F3N7O2. The van der Waals surface area contributed by atoms with Gasteiger partial charge in [-0.15, -0.1) is 0 Å². The number of aromatic amines is 2. The number of carbonyl (C=O) groups excluding carboxylic acids is 2. The Balaban J connectivity index is 0.000000162. The molecule has 0 radical (unpaired) electrons.